The van der Waals surface area contributed by atoms with Gasteiger partial charge in [0.25, 0.3) is 0 Å². The van der Waals surface area contributed by atoms with Crippen LogP contribution >= 0.6 is 0 Å². The minimum absolute atomic E-state index is 0.0670. The summed E-state index contributed by atoms with van der Waals surface area (Å²) in [5, 5.41) is 3.73. The molecule has 0 N–H and O–H groups in total. The molecule has 4 nitrogen and oxygen atoms in total. The van der Waals surface area contributed by atoms with Crippen LogP contribution in [0.25, 0.3) is 16.9 Å². The van der Waals surface area contributed by atoms with Gasteiger partial charge < -0.3 is 0 Å². The largest absolute Gasteiger partial charge is 0.435 e. The Morgan fingerprint density at radius 3 is 1.94 bits per heavy atom. The van der Waals surface area contributed by atoms with E-state index in [1.807, 2.05) is 30.3 Å². The number of rotatable bonds is 3. The Hall–Kier alpha value is -3.83. The third kappa shape index (κ3) is 5.16. The molecule has 8 heteroatoms. The predicted molar refractivity (Wildman–Crippen MR) is 120 cm³/mol. The first kappa shape index (κ1) is 22.4. The molecule has 1 heterocycles. The summed E-state index contributed by atoms with van der Waals surface area (Å²) in [6, 6.07) is 22.7. The number of halogens is 3. The highest BCUT2D eigenvalue weighted by Crippen LogP contribution is 2.33. The molecule has 0 unspecified atom stereocenters. The number of aromatic nitrogens is 2. The summed E-state index contributed by atoms with van der Waals surface area (Å²) < 4.78 is 64.7. The van der Waals surface area contributed by atoms with Crippen LogP contribution in [0.15, 0.2) is 89.8 Å². The first-order valence-electron chi connectivity index (χ1n) is 9.76. The zero-order valence-corrected chi connectivity index (χ0v) is 18.2. The van der Waals surface area contributed by atoms with Crippen molar-refractivity contribution in [1.29, 1.82) is 0 Å². The lowest BCUT2D eigenvalue weighted by molar-refractivity contribution is -0.141. The average Bonchev–Trinajstić information content (AvgIpc) is 3.24. The topological polar surface area (TPSA) is 52.0 Å². The lowest BCUT2D eigenvalue weighted by Crippen LogP contribution is -2.07. The van der Waals surface area contributed by atoms with Crippen molar-refractivity contribution in [2.75, 3.05) is 6.26 Å². The minimum atomic E-state index is -4.63. The zero-order valence-electron chi connectivity index (χ0n) is 17.3. The average molecular weight is 466 g/mol. The van der Waals surface area contributed by atoms with Crippen LogP contribution in [0, 0.1) is 11.8 Å². The third-order valence-electron chi connectivity index (χ3n) is 4.81. The Bertz CT molecular complexity index is 1440. The number of hydrogen-bond donors (Lipinski definition) is 0. The maximum atomic E-state index is 13.4. The van der Waals surface area contributed by atoms with Crippen molar-refractivity contribution < 1.29 is 21.6 Å². The van der Waals surface area contributed by atoms with Gasteiger partial charge in [0.1, 0.15) is 0 Å². The fourth-order valence-corrected chi connectivity index (χ4v) is 3.78. The van der Waals surface area contributed by atoms with Gasteiger partial charge in [0.15, 0.2) is 15.5 Å². The Morgan fingerprint density at radius 2 is 1.39 bits per heavy atom. The molecule has 1 aromatic heterocycles. The van der Waals surface area contributed by atoms with Gasteiger partial charge in [0, 0.05) is 22.9 Å². The van der Waals surface area contributed by atoms with E-state index in [4.69, 9.17) is 0 Å². The van der Waals surface area contributed by atoms with Crippen LogP contribution in [-0.2, 0) is 16.0 Å². The molecule has 0 bridgehead atoms. The summed E-state index contributed by atoms with van der Waals surface area (Å²) in [6.07, 6.45) is -3.57. The standard InChI is InChI=1S/C25H17F3N2O2S/c1-33(31,32)22-15-13-21(14-16-22)30-23(17-24(29-30)25(26,27)28)20-11-9-19(10-12-20)8-7-18-5-3-2-4-6-18/h2-6,9-17H,1H3. The molecule has 0 aliphatic rings. The minimum Gasteiger partial charge on any atom is -0.233 e. The van der Waals surface area contributed by atoms with E-state index >= 15 is 0 Å². The molecule has 0 atom stereocenters. The Kier molecular flexibility index (Phi) is 5.83. The quantitative estimate of drug-likeness (QED) is 0.382. The fourth-order valence-electron chi connectivity index (χ4n) is 3.15. The van der Waals surface area contributed by atoms with E-state index < -0.39 is 21.7 Å². The van der Waals surface area contributed by atoms with Gasteiger partial charge in [0.2, 0.25) is 0 Å². The van der Waals surface area contributed by atoms with Crippen molar-refractivity contribution in [2.24, 2.45) is 0 Å². The Balaban J connectivity index is 1.73. The van der Waals surface area contributed by atoms with Gasteiger partial charge in [-0.05, 0) is 54.6 Å². The van der Waals surface area contributed by atoms with Crippen molar-refractivity contribution in [3.05, 3.63) is 102 Å². The van der Waals surface area contributed by atoms with E-state index in [1.165, 1.54) is 24.3 Å². The molecule has 0 aliphatic heterocycles. The lowest BCUT2D eigenvalue weighted by Gasteiger charge is -2.09. The van der Waals surface area contributed by atoms with Gasteiger partial charge in [-0.3, -0.25) is 0 Å². The second-order valence-corrected chi connectivity index (χ2v) is 9.30. The molecule has 0 saturated heterocycles. The second-order valence-electron chi connectivity index (χ2n) is 7.28. The Morgan fingerprint density at radius 1 is 0.818 bits per heavy atom. The van der Waals surface area contributed by atoms with Crippen molar-refractivity contribution >= 4 is 9.84 Å². The number of sulfone groups is 1. The van der Waals surface area contributed by atoms with E-state index in [2.05, 4.69) is 16.9 Å². The third-order valence-corrected chi connectivity index (χ3v) is 5.94. The smallest absolute Gasteiger partial charge is 0.233 e. The molecule has 0 aliphatic carbocycles. The highest BCUT2D eigenvalue weighted by Gasteiger charge is 2.35. The van der Waals surface area contributed by atoms with Crippen LogP contribution in [0.3, 0.4) is 0 Å². The molecular formula is C25H17F3N2O2S. The summed E-state index contributed by atoms with van der Waals surface area (Å²) in [5.74, 6) is 6.06. The molecule has 0 amide bonds. The molecule has 4 aromatic rings. The zero-order chi connectivity index (χ0) is 23.6. The van der Waals surface area contributed by atoms with Crippen LogP contribution in [-0.4, -0.2) is 24.5 Å². The molecule has 0 spiro atoms. The van der Waals surface area contributed by atoms with Crippen molar-refractivity contribution in [1.82, 2.24) is 9.78 Å². The van der Waals surface area contributed by atoms with E-state index in [0.29, 0.717) is 16.8 Å². The summed E-state index contributed by atoms with van der Waals surface area (Å²) in [7, 11) is -3.44. The van der Waals surface area contributed by atoms with E-state index in [9.17, 15) is 21.6 Å². The Labute approximate surface area is 189 Å². The van der Waals surface area contributed by atoms with Gasteiger partial charge in [-0.2, -0.15) is 18.3 Å². The molecule has 3 aromatic carbocycles. The van der Waals surface area contributed by atoms with E-state index in [-0.39, 0.29) is 10.6 Å². The molecule has 0 radical (unpaired) electrons. The highest BCUT2D eigenvalue weighted by atomic mass is 32.2. The monoisotopic (exact) mass is 466 g/mol. The maximum absolute atomic E-state index is 13.4. The molecular weight excluding hydrogens is 449 g/mol. The van der Waals surface area contributed by atoms with Crippen LogP contribution in [0.5, 0.6) is 0 Å². The molecule has 33 heavy (non-hydrogen) atoms. The molecule has 166 valence electrons. The van der Waals surface area contributed by atoms with Crippen molar-refractivity contribution in [2.45, 2.75) is 11.1 Å². The van der Waals surface area contributed by atoms with Crippen LogP contribution in [0.2, 0.25) is 0 Å². The highest BCUT2D eigenvalue weighted by molar-refractivity contribution is 7.90. The van der Waals surface area contributed by atoms with E-state index in [1.54, 1.807) is 24.3 Å². The summed E-state index contributed by atoms with van der Waals surface area (Å²) in [5.41, 5.74) is 1.56. The fraction of sp³-hybridized carbons (Fsp3) is 0.0800. The second kappa shape index (κ2) is 8.60. The molecule has 4 rings (SSSR count). The molecule has 0 fully saturated rings. The van der Waals surface area contributed by atoms with Crippen molar-refractivity contribution in [3.63, 3.8) is 0 Å². The van der Waals surface area contributed by atoms with Gasteiger partial charge in [-0.1, -0.05) is 42.2 Å². The summed E-state index contributed by atoms with van der Waals surface area (Å²) >= 11 is 0. The van der Waals surface area contributed by atoms with Crippen LogP contribution < -0.4 is 0 Å². The van der Waals surface area contributed by atoms with Gasteiger partial charge >= 0.3 is 6.18 Å². The normalized spacial score (nSPS) is 11.6. The number of nitrogens with zero attached hydrogens (tertiary/aromatic N) is 2. The van der Waals surface area contributed by atoms with Crippen molar-refractivity contribution in [3.8, 4) is 28.8 Å². The van der Waals surface area contributed by atoms with Gasteiger partial charge in [-0.15, -0.1) is 0 Å². The van der Waals surface area contributed by atoms with Crippen LogP contribution in [0.1, 0.15) is 16.8 Å². The summed E-state index contributed by atoms with van der Waals surface area (Å²) in [6.45, 7) is 0. The SMILES string of the molecule is CS(=O)(=O)c1ccc(-n2nc(C(F)(F)F)cc2-c2ccc(C#Cc3ccccc3)cc2)cc1. The predicted octanol–water partition coefficient (Wildman–Crippen LogP) is 5.36. The first-order chi connectivity index (χ1) is 15.6. The number of hydrogen-bond acceptors (Lipinski definition) is 3. The summed E-state index contributed by atoms with van der Waals surface area (Å²) in [4.78, 5) is 0.0670. The number of benzene rings is 3. The molecule has 0 saturated carbocycles. The van der Waals surface area contributed by atoms with E-state index in [0.717, 1.165) is 22.6 Å². The number of alkyl halides is 3. The van der Waals surface area contributed by atoms with Crippen LogP contribution in [0.4, 0.5) is 13.2 Å². The maximum Gasteiger partial charge on any atom is 0.435 e. The first-order valence-corrected chi connectivity index (χ1v) is 11.7. The van der Waals surface area contributed by atoms with Gasteiger partial charge in [-0.25, -0.2) is 13.1 Å². The van der Waals surface area contributed by atoms with Gasteiger partial charge in [0.05, 0.1) is 16.3 Å². The lowest BCUT2D eigenvalue weighted by atomic mass is 10.1.